The van der Waals surface area contributed by atoms with Crippen LogP contribution in [0.25, 0.3) is 22.2 Å². The molecule has 0 radical (unpaired) electrons. The van der Waals surface area contributed by atoms with Crippen molar-refractivity contribution in [3.8, 4) is 11.1 Å². The van der Waals surface area contributed by atoms with E-state index in [2.05, 4.69) is 27.2 Å². The van der Waals surface area contributed by atoms with E-state index in [1.165, 1.54) is 0 Å². The first-order chi connectivity index (χ1) is 16.6. The van der Waals surface area contributed by atoms with Crippen LogP contribution in [-0.2, 0) is 17.4 Å². The topological polar surface area (TPSA) is 88.3 Å². The molecule has 172 valence electrons. The van der Waals surface area contributed by atoms with E-state index in [1.54, 1.807) is 4.68 Å². The second-order valence-electron chi connectivity index (χ2n) is 9.12. The van der Waals surface area contributed by atoms with Gasteiger partial charge in [0.05, 0.1) is 18.5 Å². The van der Waals surface area contributed by atoms with Crippen LogP contribution in [0.5, 0.6) is 0 Å². The van der Waals surface area contributed by atoms with Gasteiger partial charge in [-0.15, -0.1) is 0 Å². The Morgan fingerprint density at radius 2 is 1.94 bits per heavy atom. The van der Waals surface area contributed by atoms with E-state index in [4.69, 9.17) is 9.73 Å². The number of hydrogen-bond acceptors (Lipinski definition) is 5. The number of rotatable bonds is 5. The van der Waals surface area contributed by atoms with Crippen molar-refractivity contribution in [2.75, 3.05) is 19.8 Å². The Labute approximate surface area is 197 Å². The van der Waals surface area contributed by atoms with Crippen LogP contribution < -0.4 is 0 Å². The molecular weight excluding hydrogens is 426 g/mol. The van der Waals surface area contributed by atoms with Crippen LogP contribution in [0.1, 0.15) is 24.0 Å². The Morgan fingerprint density at radius 3 is 2.71 bits per heavy atom. The summed E-state index contributed by atoms with van der Waals surface area (Å²) in [7, 11) is 1.91. The third-order valence-electron chi connectivity index (χ3n) is 7.09. The molecule has 5 heterocycles. The van der Waals surface area contributed by atoms with Crippen LogP contribution in [0.4, 0.5) is 0 Å². The number of aryl methyl sites for hydroxylation is 1. The minimum atomic E-state index is -1.07. The lowest BCUT2D eigenvalue weighted by atomic mass is 9.72. The van der Waals surface area contributed by atoms with E-state index in [1.807, 2.05) is 62.2 Å². The molecule has 1 saturated heterocycles. The maximum atomic E-state index is 12.2. The molecule has 0 bridgehead atoms. The lowest BCUT2D eigenvalue weighted by Crippen LogP contribution is -2.41. The van der Waals surface area contributed by atoms with E-state index >= 15 is 0 Å². The molecule has 2 aliphatic heterocycles. The molecule has 0 spiro atoms. The summed E-state index contributed by atoms with van der Waals surface area (Å²) in [6.07, 6.45) is 11.4. The first-order valence-corrected chi connectivity index (χ1v) is 11.7. The second-order valence-corrected chi connectivity index (χ2v) is 9.12. The third-order valence-corrected chi connectivity index (χ3v) is 7.09. The number of aliphatic hydroxyl groups is 1. The van der Waals surface area contributed by atoms with Crippen molar-refractivity contribution in [2.45, 2.75) is 18.4 Å². The minimum absolute atomic E-state index is 0.0891. The molecular formula is C27H27N5O2. The molecule has 0 amide bonds. The molecule has 6 rings (SSSR count). The summed E-state index contributed by atoms with van der Waals surface area (Å²) in [5, 5.41) is 17.5. The number of nitrogens with zero attached hydrogens (tertiary/aromatic N) is 4. The van der Waals surface area contributed by atoms with Gasteiger partial charge in [-0.1, -0.05) is 30.3 Å². The molecule has 0 aliphatic carbocycles. The van der Waals surface area contributed by atoms with Crippen LogP contribution >= 0.6 is 0 Å². The first-order valence-electron chi connectivity index (χ1n) is 11.7. The largest absolute Gasteiger partial charge is 0.381 e. The highest BCUT2D eigenvalue weighted by Crippen LogP contribution is 2.43. The Balaban J connectivity index is 1.40. The smallest absolute Gasteiger partial charge is 0.137 e. The Hall–Kier alpha value is -3.55. The van der Waals surface area contributed by atoms with Crippen molar-refractivity contribution in [3.05, 3.63) is 84.0 Å². The van der Waals surface area contributed by atoms with Crippen LogP contribution in [0.3, 0.4) is 0 Å². The summed E-state index contributed by atoms with van der Waals surface area (Å²) in [4.78, 5) is 12.8. The van der Waals surface area contributed by atoms with Crippen molar-refractivity contribution in [1.82, 2.24) is 19.7 Å². The molecule has 7 nitrogen and oxygen atoms in total. The number of H-pyrrole nitrogens is 1. The Morgan fingerprint density at radius 1 is 1.12 bits per heavy atom. The average molecular weight is 454 g/mol. The van der Waals surface area contributed by atoms with Crippen molar-refractivity contribution in [3.63, 3.8) is 0 Å². The Kier molecular flexibility index (Phi) is 5.16. The van der Waals surface area contributed by atoms with Gasteiger partial charge < -0.3 is 14.8 Å². The lowest BCUT2D eigenvalue weighted by Gasteiger charge is -2.40. The predicted octanol–water partition coefficient (Wildman–Crippen LogP) is 4.01. The number of ether oxygens (including phenoxy) is 1. The van der Waals surface area contributed by atoms with E-state index in [-0.39, 0.29) is 5.92 Å². The van der Waals surface area contributed by atoms with Gasteiger partial charge in [0.25, 0.3) is 0 Å². The quantitative estimate of drug-likeness (QED) is 0.478. The van der Waals surface area contributed by atoms with Crippen LogP contribution in [0, 0.1) is 5.92 Å². The van der Waals surface area contributed by atoms with Gasteiger partial charge >= 0.3 is 0 Å². The highest BCUT2D eigenvalue weighted by atomic mass is 16.5. The number of pyridine rings is 1. The molecule has 1 fully saturated rings. The third kappa shape index (κ3) is 3.48. The van der Waals surface area contributed by atoms with Gasteiger partial charge in [0.1, 0.15) is 11.2 Å². The number of fused-ring (bicyclic) bond motifs is 1. The van der Waals surface area contributed by atoms with E-state index in [9.17, 15) is 5.11 Å². The molecule has 0 saturated carbocycles. The number of hydrogen-bond donors (Lipinski definition) is 2. The molecule has 2 N–H and O–H groups in total. The summed E-state index contributed by atoms with van der Waals surface area (Å²) in [5.74, 6) is 0.0891. The number of nitrogens with one attached hydrogen (secondary N) is 1. The predicted molar refractivity (Wildman–Crippen MR) is 132 cm³/mol. The molecule has 4 aromatic rings. The molecule has 1 atom stereocenters. The highest BCUT2D eigenvalue weighted by Gasteiger charge is 2.43. The van der Waals surface area contributed by atoms with Crippen molar-refractivity contribution < 1.29 is 9.84 Å². The summed E-state index contributed by atoms with van der Waals surface area (Å²) < 4.78 is 7.38. The summed E-state index contributed by atoms with van der Waals surface area (Å²) in [5.41, 5.74) is 5.49. The number of benzene rings is 1. The molecule has 1 unspecified atom stereocenters. The normalized spacial score (nSPS) is 18.6. The first kappa shape index (κ1) is 21.0. The molecule has 34 heavy (non-hydrogen) atoms. The van der Waals surface area contributed by atoms with E-state index in [0.29, 0.717) is 19.8 Å². The molecule has 7 heteroatoms. The fourth-order valence-electron chi connectivity index (χ4n) is 5.25. The highest BCUT2D eigenvalue weighted by molar-refractivity contribution is 6.17. The zero-order valence-corrected chi connectivity index (χ0v) is 19.1. The fourth-order valence-corrected chi connectivity index (χ4v) is 5.25. The average Bonchev–Trinajstić information content (AvgIpc) is 3.64. The van der Waals surface area contributed by atoms with Gasteiger partial charge in [-0.25, -0.2) is 4.98 Å². The molecule has 1 aromatic carbocycles. The number of allylic oxidation sites excluding steroid dienone is 1. The fraction of sp³-hybridized carbons (Fsp3) is 0.296. The molecule has 3 aromatic heterocycles. The van der Waals surface area contributed by atoms with Crippen LogP contribution in [0.2, 0.25) is 0 Å². The monoisotopic (exact) mass is 453 g/mol. The zero-order chi connectivity index (χ0) is 23.1. The van der Waals surface area contributed by atoms with Crippen molar-refractivity contribution in [1.29, 1.82) is 0 Å². The minimum Gasteiger partial charge on any atom is -0.381 e. The van der Waals surface area contributed by atoms with Gasteiger partial charge in [-0.05, 0) is 36.1 Å². The van der Waals surface area contributed by atoms with Crippen molar-refractivity contribution >= 4 is 16.7 Å². The van der Waals surface area contributed by atoms with E-state index < -0.39 is 5.60 Å². The van der Waals surface area contributed by atoms with Gasteiger partial charge in [0, 0.05) is 66.8 Å². The standard InChI is InChI=1S/C27H27N5O2/c1-32-17-19(14-31-32)18-11-23-24(16-30-26(23)29-13-18)25-12-22(15-28-25)27(33,20-5-3-2-4-6-20)21-7-9-34-10-8-21/h2-6,11-14,16-17,21,33H,7-10,15H2,1H3,(H,29,30). The van der Waals surface area contributed by atoms with Crippen LogP contribution in [-0.4, -0.2) is 50.3 Å². The summed E-state index contributed by atoms with van der Waals surface area (Å²) in [6.45, 7) is 1.82. The summed E-state index contributed by atoms with van der Waals surface area (Å²) >= 11 is 0. The van der Waals surface area contributed by atoms with Gasteiger partial charge in [-0.2, -0.15) is 5.10 Å². The van der Waals surface area contributed by atoms with Crippen molar-refractivity contribution in [2.24, 2.45) is 18.0 Å². The Bertz CT molecular complexity index is 1390. The van der Waals surface area contributed by atoms with Gasteiger partial charge in [-0.3, -0.25) is 9.67 Å². The van der Waals surface area contributed by atoms with Crippen LogP contribution in [0.15, 0.2) is 77.8 Å². The summed E-state index contributed by atoms with van der Waals surface area (Å²) in [6, 6.07) is 12.1. The second kappa shape index (κ2) is 8.34. The zero-order valence-electron chi connectivity index (χ0n) is 19.1. The molecule has 2 aliphatic rings. The SMILES string of the molecule is Cn1cc(-c2cnc3[nH]cc(C4=NCC(C(O)(c5ccccc5)C5CCOCC5)=C4)c3c2)cn1. The van der Waals surface area contributed by atoms with Gasteiger partial charge in [0.2, 0.25) is 0 Å². The maximum Gasteiger partial charge on any atom is 0.137 e. The van der Waals surface area contributed by atoms with Gasteiger partial charge in [0.15, 0.2) is 0 Å². The lowest BCUT2D eigenvalue weighted by molar-refractivity contribution is -0.0460. The maximum absolute atomic E-state index is 12.2. The number of aromatic nitrogens is 4. The number of aromatic amines is 1. The number of aliphatic imine (C=N–C) groups is 1. The van der Waals surface area contributed by atoms with E-state index in [0.717, 1.165) is 57.4 Å².